The molecule has 16 heavy (non-hydrogen) atoms. The molecule has 4 heteroatoms. The lowest BCUT2D eigenvalue weighted by Gasteiger charge is -2.19. The second-order valence-electron chi connectivity index (χ2n) is 4.61. The zero-order chi connectivity index (χ0) is 12.5. The van der Waals surface area contributed by atoms with Crippen LogP contribution in [0.25, 0.3) is 0 Å². The molecule has 0 bridgehead atoms. The first-order valence-corrected chi connectivity index (χ1v) is 4.86. The first-order chi connectivity index (χ1) is 7.23. The lowest BCUT2D eigenvalue weighted by atomic mass is 9.85. The number of alkyl halides is 2. The normalized spacial score (nSPS) is 11.9. The summed E-state index contributed by atoms with van der Waals surface area (Å²) >= 11 is 0. The molecule has 0 aromatic heterocycles. The van der Waals surface area contributed by atoms with E-state index in [0.29, 0.717) is 5.56 Å². The first-order valence-electron chi connectivity index (χ1n) is 4.86. The maximum atomic E-state index is 13.2. The van der Waals surface area contributed by atoms with Crippen LogP contribution in [0.4, 0.5) is 13.2 Å². The fourth-order valence-corrected chi connectivity index (χ4v) is 1.30. The minimum absolute atomic E-state index is 0.315. The second-order valence-corrected chi connectivity index (χ2v) is 4.61. The summed E-state index contributed by atoms with van der Waals surface area (Å²) in [5.41, 5.74) is -0.203. The monoisotopic (exact) mass is 230 g/mol. The van der Waals surface area contributed by atoms with Crippen molar-refractivity contribution < 1.29 is 18.0 Å². The molecule has 0 aliphatic rings. The van der Waals surface area contributed by atoms with Gasteiger partial charge >= 0.3 is 6.43 Å². The van der Waals surface area contributed by atoms with Crippen molar-refractivity contribution in [3.8, 4) is 0 Å². The van der Waals surface area contributed by atoms with Crippen molar-refractivity contribution in [1.82, 2.24) is 0 Å². The van der Waals surface area contributed by atoms with E-state index in [1.54, 1.807) is 0 Å². The molecule has 0 N–H and O–H groups in total. The standard InChI is InChI=1S/C12H13F3O/c1-12(2,3)7-4-5-9(13)8(6-7)10(16)11(14)15/h4-6,11H,1-3H3. The number of carbonyl (C=O) groups is 1. The highest BCUT2D eigenvalue weighted by atomic mass is 19.3. The summed E-state index contributed by atoms with van der Waals surface area (Å²) in [6.07, 6.45) is -3.18. The predicted octanol–water partition coefficient (Wildman–Crippen LogP) is 3.57. The second kappa shape index (κ2) is 4.28. The van der Waals surface area contributed by atoms with Crippen LogP contribution in [-0.4, -0.2) is 12.2 Å². The van der Waals surface area contributed by atoms with Gasteiger partial charge in [-0.1, -0.05) is 26.8 Å². The predicted molar refractivity (Wildman–Crippen MR) is 55.4 cm³/mol. The van der Waals surface area contributed by atoms with E-state index in [0.717, 1.165) is 6.07 Å². The van der Waals surface area contributed by atoms with Crippen LogP contribution < -0.4 is 0 Å². The molecule has 1 aromatic rings. The van der Waals surface area contributed by atoms with Crippen molar-refractivity contribution in [2.75, 3.05) is 0 Å². The molecule has 1 aromatic carbocycles. The van der Waals surface area contributed by atoms with E-state index >= 15 is 0 Å². The van der Waals surface area contributed by atoms with Gasteiger partial charge in [0, 0.05) is 0 Å². The highest BCUT2D eigenvalue weighted by Crippen LogP contribution is 2.25. The number of benzene rings is 1. The number of hydrogen-bond donors (Lipinski definition) is 0. The van der Waals surface area contributed by atoms with Crippen LogP contribution in [0.5, 0.6) is 0 Å². The Labute approximate surface area is 92.3 Å². The van der Waals surface area contributed by atoms with Crippen molar-refractivity contribution >= 4 is 5.78 Å². The average molecular weight is 230 g/mol. The van der Waals surface area contributed by atoms with Crippen LogP contribution in [0.15, 0.2) is 18.2 Å². The third kappa shape index (κ3) is 2.62. The quantitative estimate of drug-likeness (QED) is 0.710. The van der Waals surface area contributed by atoms with Crippen LogP contribution >= 0.6 is 0 Å². The maximum absolute atomic E-state index is 13.2. The van der Waals surface area contributed by atoms with Gasteiger partial charge in [0.05, 0.1) is 5.56 Å². The van der Waals surface area contributed by atoms with Gasteiger partial charge in [-0.05, 0) is 23.1 Å². The molecular weight excluding hydrogens is 217 g/mol. The minimum Gasteiger partial charge on any atom is -0.288 e. The molecule has 0 amide bonds. The van der Waals surface area contributed by atoms with Crippen LogP contribution in [0.1, 0.15) is 36.7 Å². The van der Waals surface area contributed by atoms with Gasteiger partial charge in [-0.15, -0.1) is 0 Å². The zero-order valence-corrected chi connectivity index (χ0v) is 9.35. The topological polar surface area (TPSA) is 17.1 Å². The van der Waals surface area contributed by atoms with Gasteiger partial charge in [-0.25, -0.2) is 13.2 Å². The van der Waals surface area contributed by atoms with E-state index in [1.165, 1.54) is 12.1 Å². The van der Waals surface area contributed by atoms with Crippen molar-refractivity contribution in [3.63, 3.8) is 0 Å². The Morgan fingerprint density at radius 3 is 2.25 bits per heavy atom. The number of hydrogen-bond acceptors (Lipinski definition) is 1. The van der Waals surface area contributed by atoms with Crippen LogP contribution in [0.3, 0.4) is 0 Å². The summed E-state index contributed by atoms with van der Waals surface area (Å²) in [6, 6.07) is 3.75. The Hall–Kier alpha value is -1.32. The van der Waals surface area contributed by atoms with Crippen molar-refractivity contribution in [3.05, 3.63) is 35.1 Å². The summed E-state index contributed by atoms with van der Waals surface area (Å²) in [4.78, 5) is 11.1. The molecule has 0 saturated carbocycles. The van der Waals surface area contributed by atoms with Gasteiger partial charge in [0.1, 0.15) is 5.82 Å². The van der Waals surface area contributed by atoms with Gasteiger partial charge in [0.2, 0.25) is 5.78 Å². The number of halogens is 3. The number of ketones is 1. The lowest BCUT2D eigenvalue weighted by molar-refractivity contribution is 0.0674. The summed E-state index contributed by atoms with van der Waals surface area (Å²) in [5.74, 6) is -2.37. The Morgan fingerprint density at radius 1 is 1.25 bits per heavy atom. The number of Topliss-reactive ketones (excluding diaryl/α,β-unsaturated/α-hetero) is 1. The van der Waals surface area contributed by atoms with Gasteiger partial charge in [-0.3, -0.25) is 4.79 Å². The molecule has 0 aliphatic heterocycles. The SMILES string of the molecule is CC(C)(C)c1ccc(F)c(C(=O)C(F)F)c1. The first kappa shape index (κ1) is 12.7. The Balaban J connectivity index is 3.25. The van der Waals surface area contributed by atoms with E-state index in [2.05, 4.69) is 0 Å². The van der Waals surface area contributed by atoms with Crippen molar-refractivity contribution in [2.24, 2.45) is 0 Å². The third-order valence-corrected chi connectivity index (χ3v) is 2.30. The Kier molecular flexibility index (Phi) is 3.41. The van der Waals surface area contributed by atoms with E-state index in [4.69, 9.17) is 0 Å². The molecule has 88 valence electrons. The fraction of sp³-hybridized carbons (Fsp3) is 0.417. The van der Waals surface area contributed by atoms with Crippen LogP contribution in [-0.2, 0) is 5.41 Å². The molecule has 0 unspecified atom stereocenters. The van der Waals surface area contributed by atoms with Gasteiger partial charge in [0.25, 0.3) is 0 Å². The van der Waals surface area contributed by atoms with Gasteiger partial charge in [0.15, 0.2) is 0 Å². The molecule has 0 atom stereocenters. The van der Waals surface area contributed by atoms with Gasteiger partial charge < -0.3 is 0 Å². The maximum Gasteiger partial charge on any atom is 0.300 e. The zero-order valence-electron chi connectivity index (χ0n) is 9.35. The van der Waals surface area contributed by atoms with Crippen LogP contribution in [0.2, 0.25) is 0 Å². The average Bonchev–Trinajstić information content (AvgIpc) is 2.15. The Morgan fingerprint density at radius 2 is 1.81 bits per heavy atom. The summed E-state index contributed by atoms with van der Waals surface area (Å²) in [5, 5.41) is 0. The largest absolute Gasteiger partial charge is 0.300 e. The molecule has 0 radical (unpaired) electrons. The summed E-state index contributed by atoms with van der Waals surface area (Å²) in [6.45, 7) is 5.57. The summed E-state index contributed by atoms with van der Waals surface area (Å²) < 4.78 is 37.6. The Bertz CT molecular complexity index is 405. The highest BCUT2D eigenvalue weighted by molar-refractivity contribution is 5.98. The fourth-order valence-electron chi connectivity index (χ4n) is 1.30. The molecule has 0 fully saturated rings. The van der Waals surface area contributed by atoms with Crippen LogP contribution in [0, 0.1) is 5.82 Å². The molecule has 1 rings (SSSR count). The van der Waals surface area contributed by atoms with E-state index in [9.17, 15) is 18.0 Å². The van der Waals surface area contributed by atoms with E-state index in [1.807, 2.05) is 20.8 Å². The van der Waals surface area contributed by atoms with Gasteiger partial charge in [-0.2, -0.15) is 0 Å². The smallest absolute Gasteiger partial charge is 0.288 e. The lowest BCUT2D eigenvalue weighted by Crippen LogP contribution is -2.16. The van der Waals surface area contributed by atoms with Crippen molar-refractivity contribution in [2.45, 2.75) is 32.6 Å². The summed E-state index contributed by atoms with van der Waals surface area (Å²) in [7, 11) is 0. The minimum atomic E-state index is -3.18. The number of carbonyl (C=O) groups excluding carboxylic acids is 1. The van der Waals surface area contributed by atoms with E-state index in [-0.39, 0.29) is 5.41 Å². The van der Waals surface area contributed by atoms with E-state index < -0.39 is 23.6 Å². The molecular formula is C12H13F3O. The van der Waals surface area contributed by atoms with Crippen molar-refractivity contribution in [1.29, 1.82) is 0 Å². The molecule has 0 spiro atoms. The highest BCUT2D eigenvalue weighted by Gasteiger charge is 2.24. The third-order valence-electron chi connectivity index (χ3n) is 2.30. The molecule has 0 heterocycles. The number of rotatable bonds is 2. The molecule has 1 nitrogen and oxygen atoms in total. The molecule has 0 saturated heterocycles. The molecule has 0 aliphatic carbocycles.